The molecule has 1 N–H and O–H groups in total. The van der Waals surface area contributed by atoms with Crippen LogP contribution < -0.4 is 0 Å². The van der Waals surface area contributed by atoms with Crippen LogP contribution in [-0.4, -0.2) is 11.1 Å². The van der Waals surface area contributed by atoms with Gasteiger partial charge in [-0.2, -0.15) is 5.26 Å². The Bertz CT molecular complexity index is 407. The lowest BCUT2D eigenvalue weighted by molar-refractivity contribution is 0.0695. The van der Waals surface area contributed by atoms with Crippen LogP contribution in [0.15, 0.2) is 12.1 Å². The number of rotatable bonds is 1. The van der Waals surface area contributed by atoms with Crippen molar-refractivity contribution in [3.63, 3.8) is 0 Å². The second-order valence-corrected chi connectivity index (χ2v) is 3.61. The summed E-state index contributed by atoms with van der Waals surface area (Å²) in [5.74, 6) is -0.999. The molecule has 1 aromatic rings. The number of benzene rings is 1. The molecule has 4 heteroatoms. The number of halogens is 1. The molecule has 3 nitrogen and oxygen atoms in total. The SMILES string of the molecule is Cc1ccc(C(=O)O)c(I)c1C#N. The van der Waals surface area contributed by atoms with Crippen LogP contribution in [0.3, 0.4) is 0 Å². The highest BCUT2D eigenvalue weighted by atomic mass is 127. The van der Waals surface area contributed by atoms with Crippen molar-refractivity contribution in [3.8, 4) is 6.07 Å². The number of aryl methyl sites for hydroxylation is 1. The first-order valence-corrected chi connectivity index (χ1v) is 4.58. The Balaban J connectivity index is 3.47. The largest absolute Gasteiger partial charge is 0.478 e. The van der Waals surface area contributed by atoms with Gasteiger partial charge in [-0.1, -0.05) is 6.07 Å². The van der Waals surface area contributed by atoms with E-state index in [4.69, 9.17) is 10.4 Å². The van der Waals surface area contributed by atoms with Crippen molar-refractivity contribution in [2.45, 2.75) is 6.92 Å². The molecule has 0 saturated carbocycles. The average Bonchev–Trinajstić information content (AvgIpc) is 2.04. The molecule has 0 unspecified atom stereocenters. The third-order valence-electron chi connectivity index (χ3n) is 1.69. The minimum Gasteiger partial charge on any atom is -0.478 e. The molecule has 0 aliphatic rings. The topological polar surface area (TPSA) is 61.1 Å². The molecule has 1 aromatic carbocycles. The fourth-order valence-corrected chi connectivity index (χ4v) is 1.93. The normalized spacial score (nSPS) is 9.31. The lowest BCUT2D eigenvalue weighted by atomic mass is 10.1. The fraction of sp³-hybridized carbons (Fsp3) is 0.111. The summed E-state index contributed by atoms with van der Waals surface area (Å²) in [4.78, 5) is 10.7. The first-order valence-electron chi connectivity index (χ1n) is 3.50. The van der Waals surface area contributed by atoms with Crippen LogP contribution in [0.1, 0.15) is 21.5 Å². The molecule has 13 heavy (non-hydrogen) atoms. The van der Waals surface area contributed by atoms with Gasteiger partial charge in [0.05, 0.1) is 11.1 Å². The van der Waals surface area contributed by atoms with E-state index in [1.165, 1.54) is 6.07 Å². The zero-order valence-corrected chi connectivity index (χ0v) is 8.99. The number of nitrogens with zero attached hydrogens (tertiary/aromatic N) is 1. The van der Waals surface area contributed by atoms with Crippen molar-refractivity contribution >= 4 is 28.6 Å². The first-order chi connectivity index (χ1) is 6.07. The van der Waals surface area contributed by atoms with Crippen molar-refractivity contribution in [1.29, 1.82) is 5.26 Å². The van der Waals surface area contributed by atoms with Crippen LogP contribution in [-0.2, 0) is 0 Å². The quantitative estimate of drug-likeness (QED) is 0.805. The molecule has 66 valence electrons. The fourth-order valence-electron chi connectivity index (χ4n) is 0.975. The molecule has 0 atom stereocenters. The maximum absolute atomic E-state index is 10.7. The third kappa shape index (κ3) is 1.80. The van der Waals surface area contributed by atoms with E-state index >= 15 is 0 Å². The number of hydrogen-bond donors (Lipinski definition) is 1. The highest BCUT2D eigenvalue weighted by Gasteiger charge is 2.12. The summed E-state index contributed by atoms with van der Waals surface area (Å²) < 4.78 is 0.507. The lowest BCUT2D eigenvalue weighted by Gasteiger charge is -2.03. The Labute approximate surface area is 89.1 Å². The minimum absolute atomic E-state index is 0.183. The molecule has 0 aliphatic heterocycles. The summed E-state index contributed by atoms with van der Waals surface area (Å²) >= 11 is 1.88. The molecule has 0 aromatic heterocycles. The number of carbonyl (C=O) groups is 1. The van der Waals surface area contributed by atoms with E-state index in [1.54, 1.807) is 13.0 Å². The molecule has 0 aliphatic carbocycles. The van der Waals surface area contributed by atoms with Crippen molar-refractivity contribution in [3.05, 3.63) is 32.4 Å². The molecule has 0 bridgehead atoms. The van der Waals surface area contributed by atoms with Gasteiger partial charge in [0.1, 0.15) is 6.07 Å². The number of nitriles is 1. The Hall–Kier alpha value is -1.09. The molecule has 0 amide bonds. The van der Waals surface area contributed by atoms with E-state index in [9.17, 15) is 4.79 Å². The van der Waals surface area contributed by atoms with Crippen LogP contribution in [0, 0.1) is 21.8 Å². The predicted octanol–water partition coefficient (Wildman–Crippen LogP) is 2.17. The highest BCUT2D eigenvalue weighted by Crippen LogP contribution is 2.20. The molecular weight excluding hydrogens is 281 g/mol. The van der Waals surface area contributed by atoms with E-state index in [-0.39, 0.29) is 5.56 Å². The molecular formula is C9H6INO2. The molecule has 0 heterocycles. The highest BCUT2D eigenvalue weighted by molar-refractivity contribution is 14.1. The Morgan fingerprint density at radius 1 is 1.62 bits per heavy atom. The van der Waals surface area contributed by atoms with Gasteiger partial charge in [-0.25, -0.2) is 4.79 Å². The molecule has 0 spiro atoms. The average molecular weight is 287 g/mol. The zero-order chi connectivity index (χ0) is 10.0. The summed E-state index contributed by atoms with van der Waals surface area (Å²) in [6, 6.07) is 5.15. The van der Waals surface area contributed by atoms with Crippen LogP contribution in [0.25, 0.3) is 0 Å². The van der Waals surface area contributed by atoms with Gasteiger partial charge in [0.25, 0.3) is 0 Å². The summed E-state index contributed by atoms with van der Waals surface area (Å²) in [5, 5.41) is 17.5. The van der Waals surface area contributed by atoms with Crippen LogP contribution >= 0.6 is 22.6 Å². The molecule has 0 saturated heterocycles. The van der Waals surface area contributed by atoms with E-state index in [0.29, 0.717) is 9.13 Å². The second-order valence-electron chi connectivity index (χ2n) is 2.54. The van der Waals surface area contributed by atoms with E-state index in [0.717, 1.165) is 5.56 Å². The van der Waals surface area contributed by atoms with Gasteiger partial charge in [0.2, 0.25) is 0 Å². The second kappa shape index (κ2) is 3.75. The summed E-state index contributed by atoms with van der Waals surface area (Å²) in [7, 11) is 0. The van der Waals surface area contributed by atoms with Gasteiger partial charge < -0.3 is 5.11 Å². The van der Waals surface area contributed by atoms with E-state index < -0.39 is 5.97 Å². The van der Waals surface area contributed by atoms with Gasteiger partial charge in [-0.3, -0.25) is 0 Å². The van der Waals surface area contributed by atoms with Crippen molar-refractivity contribution < 1.29 is 9.90 Å². The minimum atomic E-state index is -0.999. The number of carboxylic acid groups (broad SMARTS) is 1. The Kier molecular flexibility index (Phi) is 2.88. The molecule has 0 fully saturated rings. The first kappa shape index (κ1) is 9.99. The van der Waals surface area contributed by atoms with Gasteiger partial charge in [0.15, 0.2) is 0 Å². The standard InChI is InChI=1S/C9H6INO2/c1-5-2-3-6(9(12)13)8(10)7(5)4-11/h2-3H,1H3,(H,12,13). The summed E-state index contributed by atoms with van der Waals surface area (Å²) in [5.41, 5.74) is 1.43. The number of hydrogen-bond acceptors (Lipinski definition) is 2. The Morgan fingerprint density at radius 2 is 2.23 bits per heavy atom. The van der Waals surface area contributed by atoms with Crippen LogP contribution in [0.2, 0.25) is 0 Å². The monoisotopic (exact) mass is 287 g/mol. The number of aromatic carboxylic acids is 1. The summed E-state index contributed by atoms with van der Waals surface area (Å²) in [6.45, 7) is 1.78. The van der Waals surface area contributed by atoms with E-state index in [1.807, 2.05) is 28.7 Å². The zero-order valence-electron chi connectivity index (χ0n) is 6.84. The summed E-state index contributed by atoms with van der Waals surface area (Å²) in [6.07, 6.45) is 0. The number of carboxylic acids is 1. The molecule has 0 radical (unpaired) electrons. The predicted molar refractivity (Wildman–Crippen MR) is 55.6 cm³/mol. The van der Waals surface area contributed by atoms with Crippen LogP contribution in [0.4, 0.5) is 0 Å². The smallest absolute Gasteiger partial charge is 0.336 e. The maximum atomic E-state index is 10.7. The molecule has 1 rings (SSSR count). The lowest BCUT2D eigenvalue weighted by Crippen LogP contribution is -2.02. The van der Waals surface area contributed by atoms with Crippen LogP contribution in [0.5, 0.6) is 0 Å². The Morgan fingerprint density at radius 3 is 2.69 bits per heavy atom. The van der Waals surface area contributed by atoms with Gasteiger partial charge in [-0.05, 0) is 41.1 Å². The van der Waals surface area contributed by atoms with Gasteiger partial charge in [0, 0.05) is 3.57 Å². The van der Waals surface area contributed by atoms with Crippen molar-refractivity contribution in [2.24, 2.45) is 0 Å². The van der Waals surface area contributed by atoms with Gasteiger partial charge >= 0.3 is 5.97 Å². The maximum Gasteiger partial charge on any atom is 0.336 e. The van der Waals surface area contributed by atoms with E-state index in [2.05, 4.69) is 0 Å². The van der Waals surface area contributed by atoms with Crippen molar-refractivity contribution in [1.82, 2.24) is 0 Å². The van der Waals surface area contributed by atoms with Gasteiger partial charge in [-0.15, -0.1) is 0 Å². The third-order valence-corrected chi connectivity index (χ3v) is 2.81. The van der Waals surface area contributed by atoms with Crippen molar-refractivity contribution in [2.75, 3.05) is 0 Å².